The molecule has 3 nitrogen and oxygen atoms in total. The monoisotopic (exact) mass is 237 g/mol. The van der Waals surface area contributed by atoms with Gasteiger partial charge < -0.3 is 10.2 Å². The van der Waals surface area contributed by atoms with Crippen molar-refractivity contribution in [1.29, 1.82) is 5.26 Å². The zero-order valence-electron chi connectivity index (χ0n) is 11.6. The highest BCUT2D eigenvalue weighted by Gasteiger charge is 2.22. The van der Waals surface area contributed by atoms with Crippen molar-refractivity contribution in [3.05, 3.63) is 0 Å². The van der Waals surface area contributed by atoms with Gasteiger partial charge in [-0.05, 0) is 37.8 Å². The zero-order chi connectivity index (χ0) is 12.7. The Morgan fingerprint density at radius 2 is 2.24 bits per heavy atom. The predicted octanol–water partition coefficient (Wildman–Crippen LogP) is 2.39. The van der Waals surface area contributed by atoms with Crippen molar-refractivity contribution in [1.82, 2.24) is 10.2 Å². The molecule has 0 saturated carbocycles. The topological polar surface area (TPSA) is 39.1 Å². The molecule has 3 heteroatoms. The van der Waals surface area contributed by atoms with Crippen LogP contribution in [0, 0.1) is 16.7 Å². The maximum atomic E-state index is 8.64. The summed E-state index contributed by atoms with van der Waals surface area (Å²) in [4.78, 5) is 2.52. The summed E-state index contributed by atoms with van der Waals surface area (Å²) < 4.78 is 0. The van der Waals surface area contributed by atoms with Crippen LogP contribution in [0.15, 0.2) is 0 Å². The molecule has 0 amide bonds. The van der Waals surface area contributed by atoms with E-state index in [1.807, 2.05) is 0 Å². The lowest BCUT2D eigenvalue weighted by Crippen LogP contribution is -2.47. The van der Waals surface area contributed by atoms with Crippen molar-refractivity contribution in [2.24, 2.45) is 5.41 Å². The summed E-state index contributed by atoms with van der Waals surface area (Å²) in [6.07, 6.45) is 4.26. The van der Waals surface area contributed by atoms with Crippen LogP contribution in [0.4, 0.5) is 0 Å². The molecule has 1 fully saturated rings. The summed E-state index contributed by atoms with van der Waals surface area (Å²) in [6, 6.07) is 2.89. The van der Waals surface area contributed by atoms with Crippen molar-refractivity contribution in [3.63, 3.8) is 0 Å². The Kier molecular flexibility index (Phi) is 5.94. The number of hydrogen-bond acceptors (Lipinski definition) is 3. The van der Waals surface area contributed by atoms with Crippen LogP contribution in [0.1, 0.15) is 46.5 Å². The highest BCUT2D eigenvalue weighted by molar-refractivity contribution is 4.83. The van der Waals surface area contributed by atoms with Gasteiger partial charge in [0.1, 0.15) is 0 Å². The van der Waals surface area contributed by atoms with E-state index >= 15 is 0 Å². The van der Waals surface area contributed by atoms with Crippen molar-refractivity contribution in [3.8, 4) is 6.07 Å². The molecule has 1 aliphatic heterocycles. The fourth-order valence-corrected chi connectivity index (χ4v) is 2.41. The first-order chi connectivity index (χ1) is 8.07. The Morgan fingerprint density at radius 1 is 1.47 bits per heavy atom. The van der Waals surface area contributed by atoms with Crippen LogP contribution in [0.5, 0.6) is 0 Å². The van der Waals surface area contributed by atoms with Gasteiger partial charge in [0.05, 0.1) is 6.07 Å². The maximum Gasteiger partial charge on any atom is 0.0621 e. The highest BCUT2D eigenvalue weighted by atomic mass is 15.2. The third-order valence-corrected chi connectivity index (χ3v) is 3.74. The molecule has 0 aliphatic carbocycles. The van der Waals surface area contributed by atoms with Gasteiger partial charge in [0.15, 0.2) is 0 Å². The number of hydrogen-bond donors (Lipinski definition) is 1. The third-order valence-electron chi connectivity index (χ3n) is 3.74. The van der Waals surface area contributed by atoms with E-state index in [1.165, 1.54) is 25.9 Å². The molecule has 0 spiro atoms. The number of likely N-dealkylation sites (tertiary alicyclic amines) is 1. The molecule has 17 heavy (non-hydrogen) atoms. The maximum absolute atomic E-state index is 8.64. The Labute approximate surface area is 106 Å². The first kappa shape index (κ1) is 14.5. The molecular formula is C14H27N3. The quantitative estimate of drug-likeness (QED) is 0.771. The van der Waals surface area contributed by atoms with E-state index in [0.717, 1.165) is 19.5 Å². The van der Waals surface area contributed by atoms with Gasteiger partial charge in [-0.2, -0.15) is 5.26 Å². The third kappa shape index (κ3) is 5.52. The van der Waals surface area contributed by atoms with E-state index in [4.69, 9.17) is 5.26 Å². The lowest BCUT2D eigenvalue weighted by Gasteiger charge is -2.34. The van der Waals surface area contributed by atoms with Crippen LogP contribution in [0.3, 0.4) is 0 Å². The fourth-order valence-electron chi connectivity index (χ4n) is 2.41. The molecule has 0 radical (unpaired) electrons. The average molecular weight is 237 g/mol. The molecule has 0 aromatic carbocycles. The molecule has 1 rings (SSSR count). The number of nitriles is 1. The standard InChI is InChI=1S/C14H27N3/c1-4-17-10-5-7-13(11-17)16-12-14(2,3)8-6-9-15/h13,16H,4-8,10-12H2,1-3H3. The lowest BCUT2D eigenvalue weighted by molar-refractivity contribution is 0.185. The second-order valence-corrected chi connectivity index (χ2v) is 5.94. The van der Waals surface area contributed by atoms with Gasteiger partial charge in [-0.15, -0.1) is 0 Å². The molecule has 0 aromatic rings. The lowest BCUT2D eigenvalue weighted by atomic mass is 9.87. The van der Waals surface area contributed by atoms with Gasteiger partial charge in [-0.3, -0.25) is 0 Å². The Balaban J connectivity index is 2.27. The molecular weight excluding hydrogens is 210 g/mol. The van der Waals surface area contributed by atoms with Gasteiger partial charge in [-0.25, -0.2) is 0 Å². The first-order valence-electron chi connectivity index (χ1n) is 6.90. The average Bonchev–Trinajstić information content (AvgIpc) is 2.34. The Hall–Kier alpha value is -0.590. The van der Waals surface area contributed by atoms with Crippen LogP contribution in [-0.2, 0) is 0 Å². The van der Waals surface area contributed by atoms with Crippen LogP contribution in [-0.4, -0.2) is 37.1 Å². The van der Waals surface area contributed by atoms with Crippen molar-refractivity contribution < 1.29 is 0 Å². The SMILES string of the molecule is CCN1CCCC(NCC(C)(C)CCC#N)C1. The molecule has 1 unspecified atom stereocenters. The second-order valence-electron chi connectivity index (χ2n) is 5.94. The van der Waals surface area contributed by atoms with Crippen LogP contribution >= 0.6 is 0 Å². The number of piperidine rings is 1. The van der Waals surface area contributed by atoms with Gasteiger partial charge in [0.25, 0.3) is 0 Å². The molecule has 0 bridgehead atoms. The summed E-state index contributed by atoms with van der Waals surface area (Å²) in [7, 11) is 0. The van der Waals surface area contributed by atoms with E-state index < -0.39 is 0 Å². The van der Waals surface area contributed by atoms with Crippen LogP contribution in [0.25, 0.3) is 0 Å². The van der Waals surface area contributed by atoms with Crippen LogP contribution in [0.2, 0.25) is 0 Å². The summed E-state index contributed by atoms with van der Waals surface area (Å²) in [5, 5.41) is 12.3. The van der Waals surface area contributed by atoms with Crippen molar-refractivity contribution >= 4 is 0 Å². The minimum Gasteiger partial charge on any atom is -0.312 e. The first-order valence-corrected chi connectivity index (χ1v) is 6.90. The van der Waals surface area contributed by atoms with E-state index in [2.05, 4.69) is 37.1 Å². The molecule has 1 saturated heterocycles. The van der Waals surface area contributed by atoms with Gasteiger partial charge in [0.2, 0.25) is 0 Å². The van der Waals surface area contributed by atoms with Crippen LogP contribution < -0.4 is 5.32 Å². The number of nitrogens with zero attached hydrogens (tertiary/aromatic N) is 2. The largest absolute Gasteiger partial charge is 0.312 e. The Morgan fingerprint density at radius 3 is 2.88 bits per heavy atom. The Bertz CT molecular complexity index is 255. The van der Waals surface area contributed by atoms with E-state index in [-0.39, 0.29) is 5.41 Å². The fraction of sp³-hybridized carbons (Fsp3) is 0.929. The molecule has 1 heterocycles. The van der Waals surface area contributed by atoms with Gasteiger partial charge in [-0.1, -0.05) is 20.8 Å². The van der Waals surface area contributed by atoms with Gasteiger partial charge in [0, 0.05) is 25.6 Å². The summed E-state index contributed by atoms with van der Waals surface area (Å²) in [5.74, 6) is 0. The van der Waals surface area contributed by atoms with Crippen molar-refractivity contribution in [2.45, 2.75) is 52.5 Å². The second kappa shape index (κ2) is 6.98. The van der Waals surface area contributed by atoms with Gasteiger partial charge >= 0.3 is 0 Å². The molecule has 1 atom stereocenters. The van der Waals surface area contributed by atoms with E-state index in [0.29, 0.717) is 12.5 Å². The smallest absolute Gasteiger partial charge is 0.0621 e. The van der Waals surface area contributed by atoms with Crippen molar-refractivity contribution in [2.75, 3.05) is 26.2 Å². The molecule has 98 valence electrons. The molecule has 1 aliphatic rings. The summed E-state index contributed by atoms with van der Waals surface area (Å²) in [5.41, 5.74) is 0.240. The molecule has 1 N–H and O–H groups in total. The number of rotatable bonds is 6. The normalized spacial score (nSPS) is 22.4. The highest BCUT2D eigenvalue weighted by Crippen LogP contribution is 2.21. The minimum atomic E-state index is 0.240. The van der Waals surface area contributed by atoms with E-state index in [9.17, 15) is 0 Å². The number of likely N-dealkylation sites (N-methyl/N-ethyl adjacent to an activating group) is 1. The summed E-state index contributed by atoms with van der Waals surface area (Å²) in [6.45, 7) is 11.4. The minimum absolute atomic E-state index is 0.240. The molecule has 0 aromatic heterocycles. The summed E-state index contributed by atoms with van der Waals surface area (Å²) >= 11 is 0. The predicted molar refractivity (Wildman–Crippen MR) is 71.8 cm³/mol. The zero-order valence-corrected chi connectivity index (χ0v) is 11.6. The number of nitrogens with one attached hydrogen (secondary N) is 1. The van der Waals surface area contributed by atoms with E-state index in [1.54, 1.807) is 0 Å².